The van der Waals surface area contributed by atoms with Crippen molar-refractivity contribution in [2.75, 3.05) is 5.32 Å². The van der Waals surface area contributed by atoms with Gasteiger partial charge < -0.3 is 10.6 Å². The van der Waals surface area contributed by atoms with Crippen LogP contribution in [-0.2, 0) is 21.2 Å². The lowest BCUT2D eigenvalue weighted by atomic mass is 10.0. The molecule has 2 N–H and O–H groups in total. The predicted octanol–water partition coefficient (Wildman–Crippen LogP) is 3.75. The van der Waals surface area contributed by atoms with Crippen molar-refractivity contribution in [3.8, 4) is 0 Å². The van der Waals surface area contributed by atoms with E-state index in [9.17, 15) is 13.2 Å². The van der Waals surface area contributed by atoms with E-state index >= 15 is 0 Å². The molecule has 6 nitrogen and oxygen atoms in total. The molecule has 3 rings (SSSR count). The molecule has 0 saturated carbocycles. The van der Waals surface area contributed by atoms with Crippen LogP contribution in [0.5, 0.6) is 0 Å². The summed E-state index contributed by atoms with van der Waals surface area (Å²) >= 11 is 0. The van der Waals surface area contributed by atoms with Crippen molar-refractivity contribution in [2.45, 2.75) is 50.5 Å². The fourth-order valence-corrected chi connectivity index (χ4v) is 4.56. The third kappa shape index (κ3) is 5.90. The fourth-order valence-electron chi connectivity index (χ4n) is 3.41. The molecule has 0 fully saturated rings. The molecule has 0 saturated heterocycles. The third-order valence-corrected chi connectivity index (χ3v) is 6.24. The number of amides is 1. The number of rotatable bonds is 8. The van der Waals surface area contributed by atoms with Crippen LogP contribution < -0.4 is 10.6 Å². The molecule has 2 aromatic rings. The van der Waals surface area contributed by atoms with Crippen molar-refractivity contribution in [1.29, 1.82) is 0 Å². The highest BCUT2D eigenvalue weighted by molar-refractivity contribution is 7.90. The maximum atomic E-state index is 12.4. The van der Waals surface area contributed by atoms with Gasteiger partial charge in [0.1, 0.15) is 10.7 Å². The smallest absolute Gasteiger partial charge is 0.286 e. The first kappa shape index (κ1) is 21.0. The lowest BCUT2D eigenvalue weighted by molar-refractivity contribution is -0.122. The van der Waals surface area contributed by atoms with Gasteiger partial charge >= 0.3 is 0 Å². The Balaban J connectivity index is 1.48. The van der Waals surface area contributed by atoms with Crippen molar-refractivity contribution < 1.29 is 13.2 Å². The van der Waals surface area contributed by atoms with Crippen LogP contribution >= 0.6 is 0 Å². The van der Waals surface area contributed by atoms with Crippen LogP contribution in [0.25, 0.3) is 0 Å². The van der Waals surface area contributed by atoms with E-state index in [1.54, 1.807) is 18.2 Å². The van der Waals surface area contributed by atoms with Gasteiger partial charge in [0.25, 0.3) is 10.0 Å². The minimum atomic E-state index is -3.69. The van der Waals surface area contributed by atoms with Crippen molar-refractivity contribution in [3.63, 3.8) is 0 Å². The number of benzene rings is 2. The monoisotopic (exact) mass is 413 g/mol. The molecule has 2 atom stereocenters. The van der Waals surface area contributed by atoms with Crippen molar-refractivity contribution >= 4 is 27.5 Å². The van der Waals surface area contributed by atoms with Gasteiger partial charge in [-0.15, -0.1) is 4.40 Å². The number of sulfonamides is 1. The van der Waals surface area contributed by atoms with Gasteiger partial charge in [-0.2, -0.15) is 8.42 Å². The van der Waals surface area contributed by atoms with E-state index in [0.717, 1.165) is 12.8 Å². The number of para-hydroxylation sites is 1. The average Bonchev–Trinajstić information content (AvgIpc) is 2.66. The summed E-state index contributed by atoms with van der Waals surface area (Å²) in [5.74, 6) is 0.307. The summed E-state index contributed by atoms with van der Waals surface area (Å²) in [6, 6.07) is 17.0. The number of nitrogens with one attached hydrogen (secondary N) is 2. The van der Waals surface area contributed by atoms with Crippen LogP contribution in [0.1, 0.15) is 38.7 Å². The SMILES string of the molecule is C[C@H](CC(=O)N[C@H](C)CCc1ccccc1)CC1=NS(=O)(=O)c2ccccc2N1. The quantitative estimate of drug-likeness (QED) is 0.690. The van der Waals surface area contributed by atoms with Gasteiger partial charge in [-0.1, -0.05) is 49.4 Å². The summed E-state index contributed by atoms with van der Waals surface area (Å²) < 4.78 is 28.5. The molecule has 1 aliphatic rings. The Labute approximate surface area is 172 Å². The summed E-state index contributed by atoms with van der Waals surface area (Å²) in [6.45, 7) is 3.92. The maximum Gasteiger partial charge on any atom is 0.286 e. The highest BCUT2D eigenvalue weighted by Crippen LogP contribution is 2.28. The molecule has 1 heterocycles. The summed E-state index contributed by atoms with van der Waals surface area (Å²) in [7, 11) is -3.69. The van der Waals surface area contributed by atoms with E-state index < -0.39 is 10.0 Å². The zero-order chi connectivity index (χ0) is 20.9. The van der Waals surface area contributed by atoms with Gasteiger partial charge in [0.15, 0.2) is 0 Å². The Kier molecular flexibility index (Phi) is 6.69. The number of fused-ring (bicyclic) bond motifs is 1. The van der Waals surface area contributed by atoms with Gasteiger partial charge in [0, 0.05) is 18.9 Å². The molecule has 0 aromatic heterocycles. The van der Waals surface area contributed by atoms with E-state index in [0.29, 0.717) is 24.4 Å². The molecule has 7 heteroatoms. The molecule has 2 aromatic carbocycles. The molecule has 1 amide bonds. The predicted molar refractivity (Wildman–Crippen MR) is 115 cm³/mol. The highest BCUT2D eigenvalue weighted by atomic mass is 32.2. The van der Waals surface area contributed by atoms with Crippen molar-refractivity contribution in [1.82, 2.24) is 5.32 Å². The molecular weight excluding hydrogens is 386 g/mol. The number of hydrogen-bond donors (Lipinski definition) is 2. The fraction of sp³-hybridized carbons (Fsp3) is 0.364. The zero-order valence-corrected chi connectivity index (χ0v) is 17.6. The molecule has 154 valence electrons. The van der Waals surface area contributed by atoms with Gasteiger partial charge in [-0.3, -0.25) is 4.79 Å². The van der Waals surface area contributed by atoms with E-state index in [1.165, 1.54) is 11.6 Å². The largest absolute Gasteiger partial charge is 0.354 e. The van der Waals surface area contributed by atoms with Crippen molar-refractivity contribution in [2.24, 2.45) is 10.3 Å². The zero-order valence-electron chi connectivity index (χ0n) is 16.8. The highest BCUT2D eigenvalue weighted by Gasteiger charge is 2.25. The van der Waals surface area contributed by atoms with Crippen LogP contribution in [0.3, 0.4) is 0 Å². The Bertz CT molecular complexity index is 987. The second-order valence-electron chi connectivity index (χ2n) is 7.64. The first-order chi connectivity index (χ1) is 13.8. The molecule has 29 heavy (non-hydrogen) atoms. The van der Waals surface area contributed by atoms with E-state index in [2.05, 4.69) is 27.2 Å². The Morgan fingerprint density at radius 2 is 1.76 bits per heavy atom. The summed E-state index contributed by atoms with van der Waals surface area (Å²) in [5, 5.41) is 6.11. The molecule has 0 spiro atoms. The lowest BCUT2D eigenvalue weighted by Crippen LogP contribution is -2.34. The second-order valence-corrected chi connectivity index (χ2v) is 9.21. The van der Waals surface area contributed by atoms with Crippen LogP contribution in [0.4, 0.5) is 5.69 Å². The number of amidine groups is 1. The van der Waals surface area contributed by atoms with Gasteiger partial charge in [-0.05, 0) is 43.4 Å². The first-order valence-corrected chi connectivity index (χ1v) is 11.3. The van der Waals surface area contributed by atoms with Crippen LogP contribution in [0.2, 0.25) is 0 Å². The summed E-state index contributed by atoms with van der Waals surface area (Å²) in [6.07, 6.45) is 2.49. The standard InChI is InChI=1S/C22H27N3O3S/c1-16(14-21-24-19-10-6-7-11-20(19)29(27,28)25-21)15-22(26)23-17(2)12-13-18-8-4-3-5-9-18/h3-11,16-17H,12-15H2,1-2H3,(H,23,26)(H,24,25)/t16-,17+/m0/s1. The Morgan fingerprint density at radius 3 is 2.52 bits per heavy atom. The van der Waals surface area contributed by atoms with Crippen LogP contribution in [0.15, 0.2) is 63.9 Å². The van der Waals surface area contributed by atoms with Crippen LogP contribution in [-0.4, -0.2) is 26.2 Å². The molecule has 0 aliphatic carbocycles. The normalized spacial score (nSPS) is 16.7. The number of anilines is 1. The molecule has 0 bridgehead atoms. The number of carbonyl (C=O) groups excluding carboxylic acids is 1. The minimum absolute atomic E-state index is 0.0299. The summed E-state index contributed by atoms with van der Waals surface area (Å²) in [4.78, 5) is 12.5. The van der Waals surface area contributed by atoms with E-state index in [-0.39, 0.29) is 22.8 Å². The van der Waals surface area contributed by atoms with E-state index in [4.69, 9.17) is 0 Å². The van der Waals surface area contributed by atoms with Gasteiger partial charge in [-0.25, -0.2) is 0 Å². The number of nitrogens with zero attached hydrogens (tertiary/aromatic N) is 1. The van der Waals surface area contributed by atoms with E-state index in [1.807, 2.05) is 32.0 Å². The number of carbonyl (C=O) groups is 1. The van der Waals surface area contributed by atoms with Gasteiger partial charge in [0.2, 0.25) is 5.91 Å². The molecule has 1 aliphatic heterocycles. The number of hydrogen-bond acceptors (Lipinski definition) is 4. The molecular formula is C22H27N3O3S. The minimum Gasteiger partial charge on any atom is -0.354 e. The van der Waals surface area contributed by atoms with Crippen molar-refractivity contribution in [3.05, 3.63) is 60.2 Å². The topological polar surface area (TPSA) is 87.6 Å². The summed E-state index contributed by atoms with van der Waals surface area (Å²) in [5.41, 5.74) is 1.79. The Hall–Kier alpha value is -2.67. The first-order valence-electron chi connectivity index (χ1n) is 9.86. The maximum absolute atomic E-state index is 12.4. The lowest BCUT2D eigenvalue weighted by Gasteiger charge is -2.21. The molecule has 0 unspecified atom stereocenters. The Morgan fingerprint density at radius 1 is 1.07 bits per heavy atom. The molecule has 0 radical (unpaired) electrons. The van der Waals surface area contributed by atoms with Crippen LogP contribution in [0, 0.1) is 5.92 Å². The second kappa shape index (κ2) is 9.22. The number of aryl methyl sites for hydroxylation is 1. The third-order valence-electron chi connectivity index (χ3n) is 4.87. The van der Waals surface area contributed by atoms with Gasteiger partial charge in [0.05, 0.1) is 5.69 Å². The average molecular weight is 414 g/mol.